The van der Waals surface area contributed by atoms with Gasteiger partial charge < -0.3 is 4.42 Å². The third-order valence-corrected chi connectivity index (χ3v) is 2.51. The van der Waals surface area contributed by atoms with E-state index in [2.05, 4.69) is 20.2 Å². The van der Waals surface area contributed by atoms with Crippen LogP contribution in [0.5, 0.6) is 0 Å². The van der Waals surface area contributed by atoms with Crippen LogP contribution in [-0.4, -0.2) is 20.2 Å². The molecule has 3 heterocycles. The first-order valence-corrected chi connectivity index (χ1v) is 5.56. The Morgan fingerprint density at radius 1 is 1.00 bits per heavy atom. The van der Waals surface area contributed by atoms with Crippen LogP contribution in [-0.2, 0) is 0 Å². The van der Waals surface area contributed by atoms with E-state index in [0.717, 1.165) is 11.1 Å². The van der Waals surface area contributed by atoms with E-state index in [1.54, 1.807) is 30.7 Å². The second kappa shape index (κ2) is 4.54. The minimum atomic E-state index is 0.383. The van der Waals surface area contributed by atoms with Crippen LogP contribution in [0.1, 0.15) is 0 Å². The second-order valence-corrected chi connectivity index (χ2v) is 3.91. The number of pyridine rings is 2. The smallest absolute Gasteiger partial charge is 0.249 e. The van der Waals surface area contributed by atoms with E-state index in [1.165, 1.54) is 0 Å². The Morgan fingerprint density at radius 3 is 2.56 bits per heavy atom. The fraction of sp³-hybridized carbons (Fsp3) is 0. The van der Waals surface area contributed by atoms with E-state index in [1.807, 2.05) is 12.1 Å². The lowest BCUT2D eigenvalue weighted by molar-refractivity contribution is 0.584. The molecule has 5 nitrogen and oxygen atoms in total. The highest BCUT2D eigenvalue weighted by Gasteiger charge is 2.10. The molecule has 0 aliphatic carbocycles. The first-order valence-electron chi connectivity index (χ1n) is 5.19. The number of nitrogens with zero attached hydrogens (tertiary/aromatic N) is 4. The van der Waals surface area contributed by atoms with Gasteiger partial charge in [-0.15, -0.1) is 10.2 Å². The zero-order valence-electron chi connectivity index (χ0n) is 9.12. The monoisotopic (exact) mass is 258 g/mol. The second-order valence-electron chi connectivity index (χ2n) is 3.52. The molecule has 0 aromatic carbocycles. The lowest BCUT2D eigenvalue weighted by Crippen LogP contribution is -1.79. The summed E-state index contributed by atoms with van der Waals surface area (Å²) < 4.78 is 5.56. The van der Waals surface area contributed by atoms with Crippen molar-refractivity contribution in [2.24, 2.45) is 0 Å². The number of rotatable bonds is 2. The summed E-state index contributed by atoms with van der Waals surface area (Å²) >= 11 is 5.81. The summed E-state index contributed by atoms with van der Waals surface area (Å²) in [5.41, 5.74) is 1.51. The molecule has 0 radical (unpaired) electrons. The van der Waals surface area contributed by atoms with E-state index >= 15 is 0 Å². The molecule has 0 saturated heterocycles. The molecule has 0 bridgehead atoms. The summed E-state index contributed by atoms with van der Waals surface area (Å²) in [6, 6.07) is 7.08. The molecule has 0 fully saturated rings. The fourth-order valence-electron chi connectivity index (χ4n) is 1.48. The molecular formula is C12H7ClN4O. The normalized spacial score (nSPS) is 10.5. The van der Waals surface area contributed by atoms with Crippen LogP contribution < -0.4 is 0 Å². The maximum Gasteiger partial charge on any atom is 0.249 e. The van der Waals surface area contributed by atoms with Crippen molar-refractivity contribution < 1.29 is 4.42 Å². The third kappa shape index (κ3) is 2.08. The molecule has 0 N–H and O–H groups in total. The topological polar surface area (TPSA) is 64.7 Å². The summed E-state index contributed by atoms with van der Waals surface area (Å²) in [6.45, 7) is 0. The third-order valence-electron chi connectivity index (χ3n) is 2.31. The van der Waals surface area contributed by atoms with E-state index in [0.29, 0.717) is 16.9 Å². The van der Waals surface area contributed by atoms with Gasteiger partial charge in [-0.1, -0.05) is 11.6 Å². The zero-order valence-corrected chi connectivity index (χ0v) is 9.87. The number of hydrogen-bond acceptors (Lipinski definition) is 5. The van der Waals surface area contributed by atoms with Crippen LogP contribution in [0.25, 0.3) is 22.9 Å². The van der Waals surface area contributed by atoms with Crippen LogP contribution in [0.4, 0.5) is 0 Å². The summed E-state index contributed by atoms with van der Waals surface area (Å²) in [5.74, 6) is 0.823. The van der Waals surface area contributed by atoms with Crippen molar-refractivity contribution in [3.8, 4) is 22.9 Å². The number of halogens is 1. The molecule has 0 aliphatic rings. The Bertz CT molecular complexity index is 669. The first kappa shape index (κ1) is 10.9. The van der Waals surface area contributed by atoms with Gasteiger partial charge in [-0.3, -0.25) is 4.98 Å². The molecule has 3 aromatic heterocycles. The maximum atomic E-state index is 5.81. The SMILES string of the molecule is Clc1cc(-c2nnc(-c3cccnc3)o2)ccn1. The Labute approximate surface area is 107 Å². The van der Waals surface area contributed by atoms with Crippen LogP contribution in [0.15, 0.2) is 47.3 Å². The Morgan fingerprint density at radius 2 is 1.83 bits per heavy atom. The zero-order chi connectivity index (χ0) is 12.4. The van der Waals surface area contributed by atoms with E-state index in [-0.39, 0.29) is 0 Å². The minimum Gasteiger partial charge on any atom is -0.416 e. The molecule has 0 aliphatic heterocycles. The lowest BCUT2D eigenvalue weighted by Gasteiger charge is -1.94. The van der Waals surface area contributed by atoms with Crippen molar-refractivity contribution in [3.05, 3.63) is 48.0 Å². The highest BCUT2D eigenvalue weighted by Crippen LogP contribution is 2.24. The maximum absolute atomic E-state index is 5.81. The molecule has 6 heteroatoms. The van der Waals surface area contributed by atoms with Crippen LogP contribution >= 0.6 is 11.6 Å². The van der Waals surface area contributed by atoms with Crippen molar-refractivity contribution in [1.29, 1.82) is 0 Å². The average molecular weight is 259 g/mol. The number of hydrogen-bond donors (Lipinski definition) is 0. The van der Waals surface area contributed by atoms with Gasteiger partial charge in [0.25, 0.3) is 0 Å². The molecule has 3 rings (SSSR count). The predicted octanol–water partition coefficient (Wildman–Crippen LogP) is 2.85. The van der Waals surface area contributed by atoms with Crippen molar-refractivity contribution in [2.45, 2.75) is 0 Å². The summed E-state index contributed by atoms with van der Waals surface area (Å²) in [7, 11) is 0. The van der Waals surface area contributed by atoms with Gasteiger partial charge in [0.15, 0.2) is 0 Å². The quantitative estimate of drug-likeness (QED) is 0.661. The Kier molecular flexibility index (Phi) is 2.74. The molecule has 0 unspecified atom stereocenters. The molecule has 18 heavy (non-hydrogen) atoms. The molecule has 0 saturated carbocycles. The van der Waals surface area contributed by atoms with Gasteiger partial charge in [0.1, 0.15) is 5.15 Å². The molecule has 0 atom stereocenters. The fourth-order valence-corrected chi connectivity index (χ4v) is 1.66. The molecule has 88 valence electrons. The van der Waals surface area contributed by atoms with Crippen molar-refractivity contribution in [1.82, 2.24) is 20.2 Å². The molecule has 3 aromatic rings. The van der Waals surface area contributed by atoms with Crippen molar-refractivity contribution in [2.75, 3.05) is 0 Å². The standard InChI is InChI=1S/C12H7ClN4O/c13-10-6-8(3-5-15-10)11-16-17-12(18-11)9-2-1-4-14-7-9/h1-7H. The highest BCUT2D eigenvalue weighted by molar-refractivity contribution is 6.29. The van der Waals surface area contributed by atoms with E-state index < -0.39 is 0 Å². The lowest BCUT2D eigenvalue weighted by atomic mass is 10.3. The molecule has 0 spiro atoms. The molecule has 0 amide bonds. The Hall–Kier alpha value is -2.27. The van der Waals surface area contributed by atoms with Crippen LogP contribution in [0.2, 0.25) is 5.15 Å². The van der Waals surface area contributed by atoms with E-state index in [9.17, 15) is 0 Å². The van der Waals surface area contributed by atoms with Gasteiger partial charge >= 0.3 is 0 Å². The van der Waals surface area contributed by atoms with Crippen molar-refractivity contribution in [3.63, 3.8) is 0 Å². The number of aromatic nitrogens is 4. The summed E-state index contributed by atoms with van der Waals surface area (Å²) in [5, 5.41) is 8.33. The largest absolute Gasteiger partial charge is 0.416 e. The van der Waals surface area contributed by atoms with Crippen molar-refractivity contribution >= 4 is 11.6 Å². The first-order chi connectivity index (χ1) is 8.83. The van der Waals surface area contributed by atoms with Crippen LogP contribution in [0, 0.1) is 0 Å². The van der Waals surface area contributed by atoms with Gasteiger partial charge in [-0.2, -0.15) is 0 Å². The van der Waals surface area contributed by atoms with Gasteiger partial charge in [0.05, 0.1) is 5.56 Å². The van der Waals surface area contributed by atoms with Crippen LogP contribution in [0.3, 0.4) is 0 Å². The summed E-state index contributed by atoms with van der Waals surface area (Å²) in [6.07, 6.45) is 4.94. The molecular weight excluding hydrogens is 252 g/mol. The van der Waals surface area contributed by atoms with Gasteiger partial charge in [-0.25, -0.2) is 4.98 Å². The minimum absolute atomic E-state index is 0.383. The van der Waals surface area contributed by atoms with Gasteiger partial charge in [-0.05, 0) is 24.3 Å². The predicted molar refractivity (Wildman–Crippen MR) is 65.8 cm³/mol. The van der Waals surface area contributed by atoms with E-state index in [4.69, 9.17) is 16.0 Å². The summed E-state index contributed by atoms with van der Waals surface area (Å²) in [4.78, 5) is 7.89. The average Bonchev–Trinajstić information content (AvgIpc) is 2.89. The Balaban J connectivity index is 2.00. The highest BCUT2D eigenvalue weighted by atomic mass is 35.5. The van der Waals surface area contributed by atoms with Gasteiger partial charge in [0.2, 0.25) is 11.8 Å². The van der Waals surface area contributed by atoms with Gasteiger partial charge in [0, 0.05) is 24.2 Å².